The lowest BCUT2D eigenvalue weighted by Gasteiger charge is -2.29. The highest BCUT2D eigenvalue weighted by Crippen LogP contribution is 2.26. The Morgan fingerprint density at radius 2 is 1.96 bits per heavy atom. The van der Waals surface area contributed by atoms with Crippen LogP contribution in [0.4, 0.5) is 0 Å². The van der Waals surface area contributed by atoms with Crippen LogP contribution < -0.4 is 4.74 Å². The van der Waals surface area contributed by atoms with Crippen molar-refractivity contribution < 1.29 is 9.53 Å². The van der Waals surface area contributed by atoms with E-state index >= 15 is 0 Å². The van der Waals surface area contributed by atoms with Gasteiger partial charge in [0, 0.05) is 25.4 Å². The average Bonchev–Trinajstić information content (AvgIpc) is 2.63. The fourth-order valence-electron chi connectivity index (χ4n) is 2.91. The third kappa shape index (κ3) is 4.34. The summed E-state index contributed by atoms with van der Waals surface area (Å²) in [6, 6.07) is 11.8. The predicted molar refractivity (Wildman–Crippen MR) is 96.1 cm³/mol. The van der Waals surface area contributed by atoms with E-state index in [1.54, 1.807) is 13.3 Å². The first-order valence-electron chi connectivity index (χ1n) is 8.40. The van der Waals surface area contributed by atoms with Crippen molar-refractivity contribution in [2.24, 2.45) is 0 Å². The third-order valence-electron chi connectivity index (χ3n) is 4.44. The molecule has 0 aliphatic carbocycles. The molecule has 128 valence electrons. The molecule has 1 amide bonds. The lowest BCUT2D eigenvalue weighted by atomic mass is 9.98. The van der Waals surface area contributed by atoms with Crippen LogP contribution in [0.5, 0.6) is 5.75 Å². The molecule has 0 spiro atoms. The first kappa shape index (κ1) is 18.0. The summed E-state index contributed by atoms with van der Waals surface area (Å²) >= 11 is 0. The molecule has 0 saturated heterocycles. The van der Waals surface area contributed by atoms with Crippen LogP contribution in [0.15, 0.2) is 48.8 Å². The molecule has 1 heterocycles. The zero-order chi connectivity index (χ0) is 17.5. The summed E-state index contributed by atoms with van der Waals surface area (Å²) in [6.45, 7) is 6.82. The van der Waals surface area contributed by atoms with Crippen LogP contribution in [0.3, 0.4) is 0 Å². The van der Waals surface area contributed by atoms with Crippen molar-refractivity contribution in [1.82, 2.24) is 9.88 Å². The van der Waals surface area contributed by atoms with Crippen molar-refractivity contribution in [3.05, 3.63) is 59.9 Å². The second-order valence-corrected chi connectivity index (χ2v) is 6.02. The van der Waals surface area contributed by atoms with Gasteiger partial charge in [0.1, 0.15) is 5.75 Å². The molecule has 0 unspecified atom stereocenters. The number of methoxy groups -OCH3 is 1. The Labute approximate surface area is 144 Å². The van der Waals surface area contributed by atoms with Gasteiger partial charge in [-0.05, 0) is 49.1 Å². The lowest BCUT2D eigenvalue weighted by Crippen LogP contribution is -2.34. The van der Waals surface area contributed by atoms with Gasteiger partial charge in [-0.15, -0.1) is 0 Å². The fraction of sp³-hybridized carbons (Fsp3) is 0.400. The molecular formula is C20H26N2O2. The molecule has 2 aromatic rings. The quantitative estimate of drug-likeness (QED) is 0.766. The Hall–Kier alpha value is -2.36. The highest BCUT2D eigenvalue weighted by Gasteiger charge is 2.22. The zero-order valence-electron chi connectivity index (χ0n) is 14.9. The number of carbonyl (C=O) groups excluding carboxylic acids is 1. The van der Waals surface area contributed by atoms with Gasteiger partial charge in [0.2, 0.25) is 5.91 Å². The fourth-order valence-corrected chi connectivity index (χ4v) is 2.91. The van der Waals surface area contributed by atoms with Crippen LogP contribution in [0, 0.1) is 0 Å². The van der Waals surface area contributed by atoms with Gasteiger partial charge in [-0.3, -0.25) is 9.78 Å². The van der Waals surface area contributed by atoms with Crippen molar-refractivity contribution in [3.63, 3.8) is 0 Å². The second-order valence-electron chi connectivity index (χ2n) is 6.02. The molecule has 0 N–H and O–H groups in total. The molecule has 1 aromatic heterocycles. The molecule has 0 saturated carbocycles. The van der Waals surface area contributed by atoms with E-state index in [0.717, 1.165) is 16.9 Å². The Morgan fingerprint density at radius 3 is 2.58 bits per heavy atom. The van der Waals surface area contributed by atoms with Gasteiger partial charge in [0.05, 0.1) is 13.2 Å². The minimum absolute atomic E-state index is 0.0127. The van der Waals surface area contributed by atoms with E-state index in [4.69, 9.17) is 4.74 Å². The summed E-state index contributed by atoms with van der Waals surface area (Å²) in [6.07, 6.45) is 4.06. The third-order valence-corrected chi connectivity index (χ3v) is 4.44. The minimum Gasteiger partial charge on any atom is -0.497 e. The van der Waals surface area contributed by atoms with Crippen LogP contribution in [-0.4, -0.2) is 29.4 Å². The molecule has 24 heavy (non-hydrogen) atoms. The molecule has 0 bridgehead atoms. The highest BCUT2D eigenvalue weighted by atomic mass is 16.5. The summed E-state index contributed by atoms with van der Waals surface area (Å²) < 4.78 is 5.29. The first-order valence-corrected chi connectivity index (χ1v) is 8.40. The van der Waals surface area contributed by atoms with Gasteiger partial charge < -0.3 is 9.64 Å². The van der Waals surface area contributed by atoms with Crippen LogP contribution in [0.2, 0.25) is 0 Å². The van der Waals surface area contributed by atoms with Crippen molar-refractivity contribution >= 4 is 5.91 Å². The van der Waals surface area contributed by atoms with Crippen LogP contribution in [0.1, 0.15) is 50.3 Å². The van der Waals surface area contributed by atoms with Gasteiger partial charge in [-0.2, -0.15) is 0 Å². The van der Waals surface area contributed by atoms with Gasteiger partial charge >= 0.3 is 0 Å². The molecule has 0 fully saturated rings. The smallest absolute Gasteiger partial charge is 0.223 e. The Kier molecular flexibility index (Phi) is 6.36. The monoisotopic (exact) mass is 326 g/mol. The number of aromatic nitrogens is 1. The van der Waals surface area contributed by atoms with Gasteiger partial charge in [0.25, 0.3) is 0 Å². The number of rotatable bonds is 7. The maximum absolute atomic E-state index is 12.8. The normalized spacial score (nSPS) is 13.2. The van der Waals surface area contributed by atoms with Crippen LogP contribution in [0.25, 0.3) is 0 Å². The summed E-state index contributed by atoms with van der Waals surface area (Å²) in [5.41, 5.74) is 2.18. The lowest BCUT2D eigenvalue weighted by molar-refractivity contribution is -0.133. The highest BCUT2D eigenvalue weighted by molar-refractivity contribution is 5.77. The van der Waals surface area contributed by atoms with Crippen molar-refractivity contribution in [2.75, 3.05) is 13.7 Å². The molecule has 0 aliphatic heterocycles. The van der Waals surface area contributed by atoms with E-state index in [2.05, 4.69) is 18.8 Å². The van der Waals surface area contributed by atoms with Crippen LogP contribution >= 0.6 is 0 Å². The molecule has 0 radical (unpaired) electrons. The standard InChI is InChI=1S/C20H26N2O2/c1-5-22(16(3)17-8-6-10-19(13-17)24-4)20(23)12-15(2)18-9-7-11-21-14-18/h6-11,13-16H,5,12H2,1-4H3/t15-,16-/m0/s1. The Morgan fingerprint density at radius 1 is 1.21 bits per heavy atom. The van der Waals surface area contributed by atoms with Crippen LogP contribution in [-0.2, 0) is 4.79 Å². The predicted octanol–water partition coefficient (Wildman–Crippen LogP) is 4.19. The number of hydrogen-bond donors (Lipinski definition) is 0. The Balaban J connectivity index is 2.10. The zero-order valence-corrected chi connectivity index (χ0v) is 14.9. The maximum Gasteiger partial charge on any atom is 0.223 e. The van der Waals surface area contributed by atoms with Crippen molar-refractivity contribution in [1.29, 1.82) is 0 Å². The maximum atomic E-state index is 12.8. The number of hydrogen-bond acceptors (Lipinski definition) is 3. The number of benzene rings is 1. The topological polar surface area (TPSA) is 42.4 Å². The summed E-state index contributed by atoms with van der Waals surface area (Å²) in [5.74, 6) is 1.12. The SMILES string of the molecule is CCN(C(=O)C[C@H](C)c1cccnc1)[C@@H](C)c1cccc(OC)c1. The number of nitrogens with zero attached hydrogens (tertiary/aromatic N) is 2. The molecule has 2 atom stereocenters. The Bertz CT molecular complexity index is 658. The largest absolute Gasteiger partial charge is 0.497 e. The van der Waals surface area contributed by atoms with E-state index in [1.165, 1.54) is 0 Å². The summed E-state index contributed by atoms with van der Waals surface area (Å²) in [4.78, 5) is 18.9. The molecule has 2 rings (SSSR count). The van der Waals surface area contributed by atoms with E-state index in [1.807, 2.05) is 54.4 Å². The van der Waals surface area contributed by atoms with E-state index in [-0.39, 0.29) is 17.9 Å². The van der Waals surface area contributed by atoms with Crippen molar-refractivity contribution in [3.8, 4) is 5.75 Å². The molecule has 4 heteroatoms. The number of carbonyl (C=O) groups is 1. The van der Waals surface area contributed by atoms with Gasteiger partial charge in [-0.1, -0.05) is 25.1 Å². The van der Waals surface area contributed by atoms with E-state index < -0.39 is 0 Å². The van der Waals surface area contributed by atoms with Gasteiger partial charge in [-0.25, -0.2) is 0 Å². The van der Waals surface area contributed by atoms with E-state index in [9.17, 15) is 4.79 Å². The molecular weight excluding hydrogens is 300 g/mol. The number of ether oxygens (including phenoxy) is 1. The number of amides is 1. The average molecular weight is 326 g/mol. The van der Waals surface area contributed by atoms with Crippen molar-refractivity contribution in [2.45, 2.75) is 39.2 Å². The minimum atomic E-state index is 0.0127. The summed E-state index contributed by atoms with van der Waals surface area (Å²) in [7, 11) is 1.65. The molecule has 0 aliphatic rings. The first-order chi connectivity index (χ1) is 11.6. The molecule has 4 nitrogen and oxygen atoms in total. The van der Waals surface area contributed by atoms with E-state index in [0.29, 0.717) is 13.0 Å². The second kappa shape index (κ2) is 8.48. The molecule has 1 aromatic carbocycles. The number of pyridine rings is 1. The summed E-state index contributed by atoms with van der Waals surface area (Å²) in [5, 5.41) is 0. The van der Waals surface area contributed by atoms with Gasteiger partial charge in [0.15, 0.2) is 0 Å².